The van der Waals surface area contributed by atoms with Gasteiger partial charge in [-0.2, -0.15) is 0 Å². The summed E-state index contributed by atoms with van der Waals surface area (Å²) in [7, 11) is 0. The Morgan fingerprint density at radius 3 is 2.33 bits per heavy atom. The van der Waals surface area contributed by atoms with Crippen molar-refractivity contribution in [2.45, 2.75) is 51.9 Å². The number of amides is 1. The number of nitrogens with zero attached hydrogens (tertiary/aromatic N) is 1. The maximum absolute atomic E-state index is 12.4. The van der Waals surface area contributed by atoms with Crippen molar-refractivity contribution >= 4 is 40.9 Å². The van der Waals surface area contributed by atoms with E-state index in [-0.39, 0.29) is 28.8 Å². The van der Waals surface area contributed by atoms with E-state index in [1.165, 1.54) is 25.3 Å². The highest BCUT2D eigenvalue weighted by Gasteiger charge is 2.51. The number of esters is 1. The number of aromatic nitrogens is 1. The fourth-order valence-electron chi connectivity index (χ4n) is 5.82. The molecule has 1 aromatic heterocycles. The highest BCUT2D eigenvalue weighted by Crippen LogP contribution is 2.61. The van der Waals surface area contributed by atoms with E-state index < -0.39 is 5.91 Å². The summed E-state index contributed by atoms with van der Waals surface area (Å²) in [6, 6.07) is 1.53. The van der Waals surface area contributed by atoms with E-state index in [9.17, 15) is 9.59 Å². The van der Waals surface area contributed by atoms with Crippen LogP contribution in [0, 0.1) is 30.1 Å². The zero-order valence-corrected chi connectivity index (χ0v) is 16.9. The van der Waals surface area contributed by atoms with Crippen LogP contribution in [-0.2, 0) is 14.3 Å². The molecule has 146 valence electrons. The van der Waals surface area contributed by atoms with Crippen molar-refractivity contribution in [3.63, 3.8) is 0 Å². The van der Waals surface area contributed by atoms with E-state index in [2.05, 4.69) is 10.3 Å². The normalized spacial score (nSPS) is 31.0. The van der Waals surface area contributed by atoms with E-state index in [1.807, 2.05) is 0 Å². The topological polar surface area (TPSA) is 68.3 Å². The van der Waals surface area contributed by atoms with E-state index >= 15 is 0 Å². The molecule has 1 heterocycles. The summed E-state index contributed by atoms with van der Waals surface area (Å²) in [6.45, 7) is 1.39. The number of ether oxygens (including phenoxy) is 1. The Morgan fingerprint density at radius 1 is 1.15 bits per heavy atom. The molecular weight excluding hydrogens is 387 g/mol. The molecule has 0 aromatic carbocycles. The minimum Gasteiger partial charge on any atom is -0.456 e. The average molecular weight is 411 g/mol. The van der Waals surface area contributed by atoms with Gasteiger partial charge in [-0.25, -0.2) is 4.98 Å². The SMILES string of the molecule is Cc1nc(NC(=O)COC(=O)CC23CC4CC(CC(C4)C2)C3)c(Cl)cc1Cl. The maximum Gasteiger partial charge on any atom is 0.306 e. The van der Waals surface area contributed by atoms with Crippen LogP contribution in [-0.4, -0.2) is 23.5 Å². The first-order valence-corrected chi connectivity index (χ1v) is 10.4. The molecule has 5 nitrogen and oxygen atoms in total. The number of pyridine rings is 1. The van der Waals surface area contributed by atoms with Crippen LogP contribution < -0.4 is 5.32 Å². The summed E-state index contributed by atoms with van der Waals surface area (Å²) in [5, 5.41) is 3.25. The maximum atomic E-state index is 12.4. The van der Waals surface area contributed by atoms with Gasteiger partial charge in [0.2, 0.25) is 0 Å². The third-order valence-electron chi connectivity index (χ3n) is 6.41. The van der Waals surface area contributed by atoms with Gasteiger partial charge in [-0.05, 0) is 74.7 Å². The molecule has 4 fully saturated rings. The number of anilines is 1. The zero-order valence-electron chi connectivity index (χ0n) is 15.4. The van der Waals surface area contributed by atoms with Gasteiger partial charge in [-0.1, -0.05) is 23.2 Å². The van der Waals surface area contributed by atoms with Crippen molar-refractivity contribution in [1.82, 2.24) is 4.98 Å². The number of carbonyl (C=O) groups excluding carboxylic acids is 2. The molecule has 1 aromatic rings. The average Bonchev–Trinajstić information content (AvgIpc) is 2.56. The van der Waals surface area contributed by atoms with Crippen molar-refractivity contribution in [3.05, 3.63) is 21.8 Å². The van der Waals surface area contributed by atoms with Gasteiger partial charge in [0, 0.05) is 0 Å². The number of rotatable bonds is 5. The van der Waals surface area contributed by atoms with Crippen LogP contribution in [0.25, 0.3) is 0 Å². The summed E-state index contributed by atoms with van der Waals surface area (Å²) in [5.41, 5.74) is 0.677. The molecule has 4 aliphatic rings. The smallest absolute Gasteiger partial charge is 0.306 e. The van der Waals surface area contributed by atoms with Gasteiger partial charge in [0.1, 0.15) is 0 Å². The van der Waals surface area contributed by atoms with Gasteiger partial charge >= 0.3 is 5.97 Å². The molecule has 0 aliphatic heterocycles. The Hall–Kier alpha value is -1.33. The predicted octanol–water partition coefficient (Wildman–Crippen LogP) is 4.79. The van der Waals surface area contributed by atoms with Gasteiger partial charge in [0.05, 0.1) is 22.2 Å². The second kappa shape index (κ2) is 7.25. The Balaban J connectivity index is 1.29. The number of nitrogens with one attached hydrogen (secondary N) is 1. The van der Waals surface area contributed by atoms with Crippen molar-refractivity contribution in [3.8, 4) is 0 Å². The minimum absolute atomic E-state index is 0.112. The molecule has 4 saturated carbocycles. The lowest BCUT2D eigenvalue weighted by molar-refractivity contribution is -0.154. The number of hydrogen-bond donors (Lipinski definition) is 1. The molecule has 27 heavy (non-hydrogen) atoms. The molecule has 0 unspecified atom stereocenters. The Bertz CT molecular complexity index is 745. The standard InChI is InChI=1S/C20H24Cl2N2O3/c1-11-15(21)5-16(22)19(23-11)24-17(25)10-27-18(26)9-20-6-12-2-13(7-20)4-14(3-12)8-20/h5,12-14H,2-4,6-10H2,1H3,(H,23,24,25). The van der Waals surface area contributed by atoms with Gasteiger partial charge in [0.15, 0.2) is 12.4 Å². The van der Waals surface area contributed by atoms with E-state index in [0.29, 0.717) is 17.1 Å². The highest BCUT2D eigenvalue weighted by atomic mass is 35.5. The first-order chi connectivity index (χ1) is 12.8. The number of halogens is 2. The van der Waals surface area contributed by atoms with Crippen LogP contribution in [0.5, 0.6) is 0 Å². The monoisotopic (exact) mass is 410 g/mol. The van der Waals surface area contributed by atoms with Crippen molar-refractivity contribution in [1.29, 1.82) is 0 Å². The van der Waals surface area contributed by atoms with Crippen LogP contribution in [0.1, 0.15) is 50.6 Å². The molecule has 4 aliphatic carbocycles. The second-order valence-corrected chi connectivity index (χ2v) is 9.50. The molecular formula is C20H24Cl2N2O3. The summed E-state index contributed by atoms with van der Waals surface area (Å²) in [6.07, 6.45) is 7.88. The van der Waals surface area contributed by atoms with Gasteiger partial charge in [-0.3, -0.25) is 9.59 Å². The van der Waals surface area contributed by atoms with Crippen LogP contribution in [0.2, 0.25) is 10.0 Å². The first-order valence-electron chi connectivity index (χ1n) is 9.60. The van der Waals surface area contributed by atoms with Crippen LogP contribution in [0.4, 0.5) is 5.82 Å². The molecule has 7 heteroatoms. The third-order valence-corrected chi connectivity index (χ3v) is 7.08. The van der Waals surface area contributed by atoms with Crippen molar-refractivity contribution < 1.29 is 14.3 Å². The summed E-state index contributed by atoms with van der Waals surface area (Å²) >= 11 is 12.0. The van der Waals surface area contributed by atoms with Gasteiger partial charge in [0.25, 0.3) is 5.91 Å². The largest absolute Gasteiger partial charge is 0.456 e. The van der Waals surface area contributed by atoms with Crippen molar-refractivity contribution in [2.24, 2.45) is 23.2 Å². The molecule has 0 spiro atoms. The first kappa shape index (κ1) is 19.0. The minimum atomic E-state index is -0.454. The lowest BCUT2D eigenvalue weighted by atomic mass is 9.49. The molecule has 5 rings (SSSR count). The fourth-order valence-corrected chi connectivity index (χ4v) is 6.23. The number of carbonyl (C=O) groups is 2. The summed E-state index contributed by atoms with van der Waals surface area (Å²) < 4.78 is 5.26. The van der Waals surface area contributed by atoms with Crippen LogP contribution in [0.15, 0.2) is 6.07 Å². The van der Waals surface area contributed by atoms with Crippen LogP contribution >= 0.6 is 23.2 Å². The van der Waals surface area contributed by atoms with Crippen molar-refractivity contribution in [2.75, 3.05) is 11.9 Å². The van der Waals surface area contributed by atoms with Gasteiger partial charge in [-0.15, -0.1) is 0 Å². The van der Waals surface area contributed by atoms with Crippen LogP contribution in [0.3, 0.4) is 0 Å². The summed E-state index contributed by atoms with van der Waals surface area (Å²) in [5.74, 6) is 1.85. The Morgan fingerprint density at radius 2 is 1.74 bits per heavy atom. The molecule has 0 radical (unpaired) electrons. The van der Waals surface area contributed by atoms with Gasteiger partial charge < -0.3 is 10.1 Å². The van der Waals surface area contributed by atoms with E-state index in [4.69, 9.17) is 27.9 Å². The molecule has 1 N–H and O–H groups in total. The molecule has 0 atom stereocenters. The zero-order chi connectivity index (χ0) is 19.2. The number of hydrogen-bond acceptors (Lipinski definition) is 4. The lowest BCUT2D eigenvalue weighted by Crippen LogP contribution is -2.47. The van der Waals surface area contributed by atoms with E-state index in [0.717, 1.165) is 37.0 Å². The highest BCUT2D eigenvalue weighted by molar-refractivity contribution is 6.36. The quantitative estimate of drug-likeness (QED) is 0.708. The Labute approximate surface area is 169 Å². The number of aryl methyl sites for hydroxylation is 1. The molecule has 4 bridgehead atoms. The third kappa shape index (κ3) is 4.09. The lowest BCUT2D eigenvalue weighted by Gasteiger charge is -2.56. The fraction of sp³-hybridized carbons (Fsp3) is 0.650. The molecule has 0 saturated heterocycles. The molecule has 1 amide bonds. The second-order valence-electron chi connectivity index (χ2n) is 8.69. The van der Waals surface area contributed by atoms with E-state index in [1.54, 1.807) is 6.92 Å². The Kier molecular flexibility index (Phi) is 5.10. The predicted molar refractivity (Wildman–Crippen MR) is 104 cm³/mol. The summed E-state index contributed by atoms with van der Waals surface area (Å²) in [4.78, 5) is 28.6.